The van der Waals surface area contributed by atoms with Gasteiger partial charge in [0, 0.05) is 12.4 Å². The Balaban J connectivity index is 1.87. The number of hydrogen-bond acceptors (Lipinski definition) is 4. The summed E-state index contributed by atoms with van der Waals surface area (Å²) in [6.07, 6.45) is 4.97. The summed E-state index contributed by atoms with van der Waals surface area (Å²) in [6.45, 7) is 2.80. The van der Waals surface area contributed by atoms with Gasteiger partial charge in [-0.1, -0.05) is 12.1 Å². The summed E-state index contributed by atoms with van der Waals surface area (Å²) in [5, 5.41) is 0. The Kier molecular flexibility index (Phi) is 4.55. The van der Waals surface area contributed by atoms with Crippen LogP contribution in [0.3, 0.4) is 0 Å². The number of aromatic nitrogens is 2. The molecule has 0 aliphatic carbocycles. The van der Waals surface area contributed by atoms with Crippen LogP contribution in [0.1, 0.15) is 18.1 Å². The maximum Gasteiger partial charge on any atom is 0.235 e. The van der Waals surface area contributed by atoms with Gasteiger partial charge in [0.15, 0.2) is 11.5 Å². The third kappa shape index (κ3) is 3.58. The minimum atomic E-state index is -0.0496. The highest BCUT2D eigenvalue weighted by atomic mass is 16.5. The standard InChI is InChI=1S/C14H16N2O3/c1-2-18-12-5-3-4-6-13(12)19-10-7-14(17)16-9-8-15-11-16/h3-6,8-9,11H,2,7,10H2,1H3. The quantitative estimate of drug-likeness (QED) is 0.800. The first kappa shape index (κ1) is 13.1. The number of benzene rings is 1. The lowest BCUT2D eigenvalue weighted by molar-refractivity contribution is 0.0880. The molecule has 0 saturated heterocycles. The van der Waals surface area contributed by atoms with Gasteiger partial charge in [0.05, 0.1) is 19.6 Å². The van der Waals surface area contributed by atoms with Crippen LogP contribution in [0.5, 0.6) is 11.5 Å². The molecule has 0 amide bonds. The number of ether oxygens (including phenoxy) is 2. The molecule has 5 heteroatoms. The average molecular weight is 260 g/mol. The van der Waals surface area contributed by atoms with Crippen molar-refractivity contribution in [1.29, 1.82) is 0 Å². The van der Waals surface area contributed by atoms with E-state index in [0.717, 1.165) is 0 Å². The second-order valence-electron chi connectivity index (χ2n) is 3.84. The maximum absolute atomic E-state index is 11.7. The molecule has 0 radical (unpaired) electrons. The number of para-hydroxylation sites is 2. The lowest BCUT2D eigenvalue weighted by Gasteiger charge is -2.11. The van der Waals surface area contributed by atoms with Crippen LogP contribution in [0.25, 0.3) is 0 Å². The minimum Gasteiger partial charge on any atom is -0.490 e. The van der Waals surface area contributed by atoms with Crippen molar-refractivity contribution in [3.63, 3.8) is 0 Å². The SMILES string of the molecule is CCOc1ccccc1OCCC(=O)n1ccnc1. The van der Waals surface area contributed by atoms with E-state index in [1.807, 2.05) is 31.2 Å². The molecule has 0 aliphatic heterocycles. The average Bonchev–Trinajstić information content (AvgIpc) is 2.95. The van der Waals surface area contributed by atoms with Gasteiger partial charge in [0.25, 0.3) is 0 Å². The molecule has 1 aromatic heterocycles. The highest BCUT2D eigenvalue weighted by Gasteiger charge is 2.07. The Labute approximate surface area is 111 Å². The molecule has 0 atom stereocenters. The molecule has 100 valence electrons. The van der Waals surface area contributed by atoms with Gasteiger partial charge in [-0.25, -0.2) is 4.98 Å². The van der Waals surface area contributed by atoms with Crippen LogP contribution in [-0.2, 0) is 0 Å². The fourth-order valence-electron chi connectivity index (χ4n) is 1.63. The first-order valence-electron chi connectivity index (χ1n) is 6.17. The van der Waals surface area contributed by atoms with E-state index < -0.39 is 0 Å². The van der Waals surface area contributed by atoms with E-state index in [9.17, 15) is 4.79 Å². The highest BCUT2D eigenvalue weighted by molar-refractivity contribution is 5.78. The van der Waals surface area contributed by atoms with E-state index in [4.69, 9.17) is 9.47 Å². The lowest BCUT2D eigenvalue weighted by atomic mass is 10.3. The van der Waals surface area contributed by atoms with Crippen molar-refractivity contribution >= 4 is 5.91 Å². The Morgan fingerprint density at radius 1 is 1.26 bits per heavy atom. The zero-order valence-electron chi connectivity index (χ0n) is 10.8. The molecule has 2 aromatic rings. The summed E-state index contributed by atoms with van der Waals surface area (Å²) in [7, 11) is 0. The van der Waals surface area contributed by atoms with Gasteiger partial charge >= 0.3 is 0 Å². The number of carbonyl (C=O) groups excluding carboxylic acids is 1. The van der Waals surface area contributed by atoms with Crippen LogP contribution >= 0.6 is 0 Å². The zero-order chi connectivity index (χ0) is 13.5. The Hall–Kier alpha value is -2.30. The predicted octanol–water partition coefficient (Wildman–Crippen LogP) is 2.39. The van der Waals surface area contributed by atoms with Gasteiger partial charge in [0.2, 0.25) is 5.91 Å². The molecular formula is C14H16N2O3. The molecule has 0 spiro atoms. The predicted molar refractivity (Wildman–Crippen MR) is 70.6 cm³/mol. The second kappa shape index (κ2) is 6.58. The zero-order valence-corrected chi connectivity index (χ0v) is 10.8. The molecule has 0 saturated carbocycles. The molecule has 1 aromatic carbocycles. The molecule has 0 unspecified atom stereocenters. The molecule has 0 aliphatic rings. The second-order valence-corrected chi connectivity index (χ2v) is 3.84. The third-order valence-electron chi connectivity index (χ3n) is 2.51. The Morgan fingerprint density at radius 3 is 2.63 bits per heavy atom. The molecule has 0 N–H and O–H groups in total. The van der Waals surface area contributed by atoms with E-state index in [0.29, 0.717) is 24.7 Å². The minimum absolute atomic E-state index is 0.0496. The molecule has 0 bridgehead atoms. The third-order valence-corrected chi connectivity index (χ3v) is 2.51. The number of rotatable bonds is 6. The highest BCUT2D eigenvalue weighted by Crippen LogP contribution is 2.26. The number of carbonyl (C=O) groups is 1. The molecular weight excluding hydrogens is 244 g/mol. The molecule has 0 fully saturated rings. The van der Waals surface area contributed by atoms with Crippen LogP contribution in [0, 0.1) is 0 Å². The molecule has 19 heavy (non-hydrogen) atoms. The topological polar surface area (TPSA) is 53.4 Å². The number of hydrogen-bond donors (Lipinski definition) is 0. The van der Waals surface area contributed by atoms with Crippen molar-refractivity contribution in [2.45, 2.75) is 13.3 Å². The van der Waals surface area contributed by atoms with Crippen LogP contribution < -0.4 is 9.47 Å². The summed E-state index contributed by atoms with van der Waals surface area (Å²) in [5.74, 6) is 1.30. The van der Waals surface area contributed by atoms with Crippen LogP contribution in [-0.4, -0.2) is 28.7 Å². The fraction of sp³-hybridized carbons (Fsp3) is 0.286. The largest absolute Gasteiger partial charge is 0.490 e. The van der Waals surface area contributed by atoms with Gasteiger partial charge < -0.3 is 9.47 Å². The van der Waals surface area contributed by atoms with Crippen molar-refractivity contribution in [1.82, 2.24) is 9.55 Å². The normalized spacial score (nSPS) is 10.2. The lowest BCUT2D eigenvalue weighted by Crippen LogP contribution is -2.13. The number of nitrogens with zero attached hydrogens (tertiary/aromatic N) is 2. The fourth-order valence-corrected chi connectivity index (χ4v) is 1.63. The van der Waals surface area contributed by atoms with Crippen molar-refractivity contribution < 1.29 is 14.3 Å². The van der Waals surface area contributed by atoms with Gasteiger partial charge in [-0.15, -0.1) is 0 Å². The van der Waals surface area contributed by atoms with Gasteiger partial charge in [-0.2, -0.15) is 0 Å². The monoisotopic (exact) mass is 260 g/mol. The van der Waals surface area contributed by atoms with Gasteiger partial charge in [-0.05, 0) is 19.1 Å². The summed E-state index contributed by atoms with van der Waals surface area (Å²) in [6, 6.07) is 7.42. The van der Waals surface area contributed by atoms with Crippen molar-refractivity contribution in [3.05, 3.63) is 43.0 Å². The summed E-state index contributed by atoms with van der Waals surface area (Å²) in [4.78, 5) is 15.5. The van der Waals surface area contributed by atoms with Crippen molar-refractivity contribution in [2.24, 2.45) is 0 Å². The van der Waals surface area contributed by atoms with Crippen molar-refractivity contribution in [2.75, 3.05) is 13.2 Å². The smallest absolute Gasteiger partial charge is 0.235 e. The van der Waals surface area contributed by atoms with E-state index in [1.54, 1.807) is 12.4 Å². The van der Waals surface area contributed by atoms with E-state index in [1.165, 1.54) is 10.9 Å². The molecule has 5 nitrogen and oxygen atoms in total. The van der Waals surface area contributed by atoms with E-state index in [-0.39, 0.29) is 12.3 Å². The van der Waals surface area contributed by atoms with Crippen LogP contribution in [0.4, 0.5) is 0 Å². The molecule has 2 rings (SSSR count). The van der Waals surface area contributed by atoms with Gasteiger partial charge in [0.1, 0.15) is 6.33 Å². The summed E-state index contributed by atoms with van der Waals surface area (Å²) >= 11 is 0. The summed E-state index contributed by atoms with van der Waals surface area (Å²) in [5.41, 5.74) is 0. The molecule has 1 heterocycles. The first-order valence-corrected chi connectivity index (χ1v) is 6.17. The van der Waals surface area contributed by atoms with Crippen molar-refractivity contribution in [3.8, 4) is 11.5 Å². The first-order chi connectivity index (χ1) is 9.31. The van der Waals surface area contributed by atoms with E-state index in [2.05, 4.69) is 4.98 Å². The van der Waals surface area contributed by atoms with Crippen LogP contribution in [0.2, 0.25) is 0 Å². The Morgan fingerprint density at radius 2 is 2.00 bits per heavy atom. The summed E-state index contributed by atoms with van der Waals surface area (Å²) < 4.78 is 12.5. The number of imidazole rings is 1. The maximum atomic E-state index is 11.7. The van der Waals surface area contributed by atoms with Crippen LogP contribution in [0.15, 0.2) is 43.0 Å². The van der Waals surface area contributed by atoms with E-state index >= 15 is 0 Å². The van der Waals surface area contributed by atoms with Gasteiger partial charge in [-0.3, -0.25) is 9.36 Å². The Bertz CT molecular complexity index is 523.